The van der Waals surface area contributed by atoms with Gasteiger partial charge in [-0.05, 0) is 64.0 Å². The summed E-state index contributed by atoms with van der Waals surface area (Å²) in [7, 11) is 0. The van der Waals surface area contributed by atoms with Crippen molar-refractivity contribution >= 4 is 47.4 Å². The maximum absolute atomic E-state index is 13.5. The molecule has 6 amide bonds. The number of aliphatic hydroxyl groups excluding tert-OH is 1. The molecule has 0 saturated carbocycles. The molecule has 21 heteroatoms. The summed E-state index contributed by atoms with van der Waals surface area (Å²) >= 11 is 0. The molecule has 0 bridgehead atoms. The van der Waals surface area contributed by atoms with Crippen LogP contribution in [0.15, 0.2) is 4.99 Å². The Hall–Kier alpha value is -4.60. The van der Waals surface area contributed by atoms with Gasteiger partial charge < -0.3 is 71.2 Å². The molecule has 0 aromatic heterocycles. The molecule has 0 rings (SSSR count). The van der Waals surface area contributed by atoms with Gasteiger partial charge in [0.05, 0.1) is 19.1 Å². The van der Waals surface area contributed by atoms with Gasteiger partial charge in [-0.1, -0.05) is 20.3 Å². The Morgan fingerprint density at radius 1 is 0.627 bits per heavy atom. The van der Waals surface area contributed by atoms with Crippen LogP contribution in [0, 0.1) is 5.92 Å². The molecule has 0 saturated heterocycles. The van der Waals surface area contributed by atoms with Crippen molar-refractivity contribution in [2.75, 3.05) is 26.2 Å². The van der Waals surface area contributed by atoms with Crippen molar-refractivity contribution in [3.63, 3.8) is 0 Å². The van der Waals surface area contributed by atoms with Crippen LogP contribution in [0.25, 0.3) is 0 Å². The predicted octanol–water partition coefficient (Wildman–Crippen LogP) is -5.34. The second-order valence-electron chi connectivity index (χ2n) is 12.3. The smallest absolute Gasteiger partial charge is 0.326 e. The number of carbonyl (C=O) groups is 7. The number of unbranched alkanes of at least 4 members (excludes halogenated alkanes) is 2. The first kappa shape index (κ1) is 46.4. The van der Waals surface area contributed by atoms with Gasteiger partial charge >= 0.3 is 5.97 Å². The van der Waals surface area contributed by atoms with E-state index in [0.29, 0.717) is 32.2 Å². The van der Waals surface area contributed by atoms with Gasteiger partial charge in [-0.3, -0.25) is 33.8 Å². The first-order chi connectivity index (χ1) is 24.0. The summed E-state index contributed by atoms with van der Waals surface area (Å²) in [6.07, 6.45) is 1.79. The number of aliphatic hydroxyl groups is 1. The van der Waals surface area contributed by atoms with Crippen LogP contribution in [-0.4, -0.2) is 120 Å². The molecule has 0 aliphatic heterocycles. The lowest BCUT2D eigenvalue weighted by Crippen LogP contribution is -2.60. The molecule has 0 fully saturated rings. The van der Waals surface area contributed by atoms with Gasteiger partial charge in [-0.15, -0.1) is 0 Å². The molecule has 21 nitrogen and oxygen atoms in total. The first-order valence-corrected chi connectivity index (χ1v) is 16.8. The molecule has 0 heterocycles. The van der Waals surface area contributed by atoms with Crippen molar-refractivity contribution in [3.8, 4) is 0 Å². The van der Waals surface area contributed by atoms with Gasteiger partial charge in [-0.2, -0.15) is 0 Å². The van der Waals surface area contributed by atoms with Crippen LogP contribution in [0.4, 0.5) is 0 Å². The van der Waals surface area contributed by atoms with E-state index in [4.69, 9.17) is 34.4 Å². The molecule has 19 N–H and O–H groups in total. The van der Waals surface area contributed by atoms with E-state index < -0.39 is 96.6 Å². The molecule has 51 heavy (non-hydrogen) atoms. The Morgan fingerprint density at radius 2 is 1.12 bits per heavy atom. The first-order valence-electron chi connectivity index (χ1n) is 16.8. The SMILES string of the molecule is CC(C)[C@H](NC(=O)[C@H](CCCCN)NC(=O)[C@H](CC(N)=O)NC(=O)[C@H](CO)NC(=O)[C@@H](N)CCCCN)C(=O)N[C@@H](CCCN=C(N)N)C(=O)O. The van der Waals surface area contributed by atoms with Gasteiger partial charge in [-0.25, -0.2) is 4.79 Å². The number of hydrogen-bond donors (Lipinski definition) is 13. The number of nitrogens with zero attached hydrogens (tertiary/aromatic N) is 1. The number of aliphatic carboxylic acids is 1. The van der Waals surface area contributed by atoms with Crippen molar-refractivity contribution in [1.82, 2.24) is 26.6 Å². The van der Waals surface area contributed by atoms with Crippen LogP contribution >= 0.6 is 0 Å². The van der Waals surface area contributed by atoms with Crippen molar-refractivity contribution in [3.05, 3.63) is 0 Å². The second-order valence-corrected chi connectivity index (χ2v) is 12.3. The third-order valence-electron chi connectivity index (χ3n) is 7.55. The van der Waals surface area contributed by atoms with Crippen LogP contribution < -0.4 is 61.0 Å². The van der Waals surface area contributed by atoms with E-state index in [2.05, 4.69) is 31.6 Å². The van der Waals surface area contributed by atoms with E-state index in [9.17, 15) is 43.8 Å². The minimum Gasteiger partial charge on any atom is -0.480 e. The molecule has 0 unspecified atom stereocenters. The van der Waals surface area contributed by atoms with E-state index in [-0.39, 0.29) is 44.7 Å². The normalized spacial score (nSPS) is 14.5. The minimum absolute atomic E-state index is 0.0101. The van der Waals surface area contributed by atoms with Crippen molar-refractivity contribution in [2.45, 2.75) is 108 Å². The largest absolute Gasteiger partial charge is 0.480 e. The Bertz CT molecular complexity index is 1180. The highest BCUT2D eigenvalue weighted by Crippen LogP contribution is 2.09. The Labute approximate surface area is 297 Å². The summed E-state index contributed by atoms with van der Waals surface area (Å²) in [5.74, 6) is -7.40. The number of rotatable bonds is 27. The molecule has 0 aliphatic carbocycles. The Balaban J connectivity index is 5.91. The van der Waals surface area contributed by atoms with Crippen LogP contribution in [0.5, 0.6) is 0 Å². The van der Waals surface area contributed by atoms with E-state index in [1.807, 2.05) is 0 Å². The number of nitrogens with two attached hydrogens (primary N) is 6. The molecule has 0 aromatic rings. The fourth-order valence-electron chi connectivity index (χ4n) is 4.64. The van der Waals surface area contributed by atoms with Gasteiger partial charge in [0.2, 0.25) is 35.4 Å². The topological polar surface area (TPSA) is 389 Å². The van der Waals surface area contributed by atoms with Gasteiger partial charge in [0.25, 0.3) is 0 Å². The highest BCUT2D eigenvalue weighted by atomic mass is 16.4. The highest BCUT2D eigenvalue weighted by Gasteiger charge is 2.34. The summed E-state index contributed by atoms with van der Waals surface area (Å²) < 4.78 is 0. The predicted molar refractivity (Wildman–Crippen MR) is 187 cm³/mol. The standard InChI is InChI=1S/C30H58N12O9/c1-16(2)23(28(49)39-19(29(50)51)10-7-13-37-30(35)36)42-25(46)18(9-4-6-12-32)38-26(47)20(14-22(34)44)40-27(48)21(15-43)41-24(45)17(33)8-3-5-11-31/h16-21,23,43H,3-15,31-33H2,1-2H3,(H2,34,44)(H,38,47)(H,39,49)(H,40,48)(H,41,45)(H,42,46)(H,50,51)(H4,35,36,37)/t17-,18-,19-,20-,21-,23-/m0/s1. The molecule has 0 aromatic carbocycles. The molecule has 292 valence electrons. The van der Waals surface area contributed by atoms with Crippen LogP contribution in [0.3, 0.4) is 0 Å². The molecular formula is C30H58N12O9. The van der Waals surface area contributed by atoms with E-state index in [1.165, 1.54) is 0 Å². The van der Waals surface area contributed by atoms with Gasteiger partial charge in [0.15, 0.2) is 5.96 Å². The van der Waals surface area contributed by atoms with Crippen LogP contribution in [-0.2, 0) is 33.6 Å². The third-order valence-corrected chi connectivity index (χ3v) is 7.55. The summed E-state index contributed by atoms with van der Waals surface area (Å²) in [4.78, 5) is 93.0. The summed E-state index contributed by atoms with van der Waals surface area (Å²) in [5.41, 5.74) is 32.8. The zero-order valence-electron chi connectivity index (χ0n) is 29.4. The summed E-state index contributed by atoms with van der Waals surface area (Å²) in [5, 5.41) is 31.4. The molecule has 0 spiro atoms. The maximum atomic E-state index is 13.5. The molecule has 0 aliphatic rings. The number of primary amides is 1. The van der Waals surface area contributed by atoms with Gasteiger partial charge in [0.1, 0.15) is 30.2 Å². The van der Waals surface area contributed by atoms with Crippen LogP contribution in [0.2, 0.25) is 0 Å². The lowest BCUT2D eigenvalue weighted by Gasteiger charge is -2.28. The Kier molecular flexibility index (Phi) is 23.1. The van der Waals surface area contributed by atoms with Crippen molar-refractivity contribution < 1.29 is 43.8 Å². The fraction of sp³-hybridized carbons (Fsp3) is 0.733. The van der Waals surface area contributed by atoms with E-state index >= 15 is 0 Å². The number of guanidine groups is 1. The third kappa shape index (κ3) is 19.4. The zero-order chi connectivity index (χ0) is 39.1. The highest BCUT2D eigenvalue weighted by molar-refractivity contribution is 5.97. The lowest BCUT2D eigenvalue weighted by atomic mass is 10.0. The number of aliphatic imine (C=N–C) groups is 1. The number of nitrogens with one attached hydrogen (secondary N) is 5. The van der Waals surface area contributed by atoms with Crippen molar-refractivity contribution in [1.29, 1.82) is 0 Å². The van der Waals surface area contributed by atoms with Crippen LogP contribution in [0.1, 0.15) is 71.6 Å². The average molecular weight is 731 g/mol. The summed E-state index contributed by atoms with van der Waals surface area (Å²) in [6, 6.07) is -8.04. The number of carbonyl (C=O) groups excluding carboxylic acids is 6. The maximum Gasteiger partial charge on any atom is 0.326 e. The van der Waals surface area contributed by atoms with E-state index in [0.717, 1.165) is 0 Å². The molecule has 0 radical (unpaired) electrons. The monoisotopic (exact) mass is 730 g/mol. The van der Waals surface area contributed by atoms with Gasteiger partial charge in [0, 0.05) is 6.54 Å². The quantitative estimate of drug-likeness (QED) is 0.0213. The number of carboxylic acids is 1. The summed E-state index contributed by atoms with van der Waals surface area (Å²) in [6.45, 7) is 3.15. The molecule has 6 atom stereocenters. The number of amides is 6. The average Bonchev–Trinajstić information content (AvgIpc) is 3.05. The minimum atomic E-state index is -1.64. The molecular weight excluding hydrogens is 672 g/mol. The van der Waals surface area contributed by atoms with E-state index in [1.54, 1.807) is 13.8 Å². The van der Waals surface area contributed by atoms with Crippen molar-refractivity contribution in [2.24, 2.45) is 45.3 Å². The number of hydrogen-bond acceptors (Lipinski definition) is 12. The lowest BCUT2D eigenvalue weighted by molar-refractivity contribution is -0.142. The Morgan fingerprint density at radius 3 is 1.63 bits per heavy atom. The fourth-order valence-corrected chi connectivity index (χ4v) is 4.64. The zero-order valence-corrected chi connectivity index (χ0v) is 29.4. The second kappa shape index (κ2) is 25.4. The number of carboxylic acid groups (broad SMARTS) is 1.